The summed E-state index contributed by atoms with van der Waals surface area (Å²) in [5.41, 5.74) is 0.381. The van der Waals surface area contributed by atoms with Crippen LogP contribution in [0.4, 0.5) is 0 Å². The van der Waals surface area contributed by atoms with Crippen molar-refractivity contribution in [3.63, 3.8) is 0 Å². The highest BCUT2D eigenvalue weighted by Crippen LogP contribution is 2.40. The molecule has 0 saturated carbocycles. The Bertz CT molecular complexity index is 836. The van der Waals surface area contributed by atoms with Crippen molar-refractivity contribution in [2.24, 2.45) is 0 Å². The molecule has 1 aromatic rings. The SMILES string of the molecule is [2H]C([2H])(CCOC)N1C[C@H](NCC)c2cc(S(C)(=O)=O)sc2S1(=O)=O. The van der Waals surface area contributed by atoms with Crippen LogP contribution in [0.5, 0.6) is 0 Å². The molecule has 0 unspecified atom stereocenters. The second kappa shape index (κ2) is 7.16. The fraction of sp³-hybridized carbons (Fsp3) is 0.692. The predicted molar refractivity (Wildman–Crippen MR) is 89.1 cm³/mol. The minimum absolute atomic E-state index is 0.0386. The maximum atomic E-state index is 12.9. The molecule has 10 heteroatoms. The van der Waals surface area contributed by atoms with Gasteiger partial charge in [-0.05, 0) is 19.0 Å². The molecule has 1 N–H and O–H groups in total. The van der Waals surface area contributed by atoms with Crippen LogP contribution in [0.2, 0.25) is 0 Å². The summed E-state index contributed by atoms with van der Waals surface area (Å²) in [6.07, 6.45) is 0.899. The van der Waals surface area contributed by atoms with Crippen LogP contribution in [0.3, 0.4) is 0 Å². The van der Waals surface area contributed by atoms with Gasteiger partial charge in [-0.3, -0.25) is 0 Å². The molecule has 0 aromatic carbocycles. The summed E-state index contributed by atoms with van der Waals surface area (Å²) in [5.74, 6) is 0. The Morgan fingerprint density at radius 3 is 2.83 bits per heavy atom. The average Bonchev–Trinajstić information content (AvgIpc) is 2.95. The number of hydrogen-bond donors (Lipinski definition) is 1. The van der Waals surface area contributed by atoms with Crippen molar-refractivity contribution in [2.75, 3.05) is 39.6 Å². The molecule has 0 saturated heterocycles. The van der Waals surface area contributed by atoms with E-state index in [0.29, 0.717) is 23.4 Å². The van der Waals surface area contributed by atoms with Gasteiger partial charge in [0.1, 0.15) is 8.42 Å². The summed E-state index contributed by atoms with van der Waals surface area (Å²) in [4.78, 5) is 0. The van der Waals surface area contributed by atoms with Gasteiger partial charge < -0.3 is 10.1 Å². The van der Waals surface area contributed by atoms with E-state index in [-0.39, 0.29) is 28.0 Å². The molecule has 0 bridgehead atoms. The number of hydrogen-bond acceptors (Lipinski definition) is 7. The van der Waals surface area contributed by atoms with Crippen LogP contribution in [0, 0.1) is 0 Å². The van der Waals surface area contributed by atoms with E-state index in [1.54, 1.807) is 0 Å². The molecule has 0 aliphatic carbocycles. The van der Waals surface area contributed by atoms with Gasteiger partial charge >= 0.3 is 0 Å². The maximum Gasteiger partial charge on any atom is 0.252 e. The lowest BCUT2D eigenvalue weighted by Gasteiger charge is -2.32. The molecule has 0 radical (unpaired) electrons. The summed E-state index contributed by atoms with van der Waals surface area (Å²) in [6.45, 7) is 0.186. The molecule has 0 spiro atoms. The summed E-state index contributed by atoms with van der Waals surface area (Å²) in [7, 11) is -6.29. The van der Waals surface area contributed by atoms with Gasteiger partial charge in [-0.2, -0.15) is 4.31 Å². The zero-order chi connectivity index (χ0) is 19.0. The summed E-state index contributed by atoms with van der Waals surface area (Å²) < 4.78 is 71.4. The monoisotopic (exact) mass is 384 g/mol. The third-order valence-electron chi connectivity index (χ3n) is 3.36. The Hall–Kier alpha value is -0.520. The number of sulfone groups is 1. The Kier molecular flexibility index (Phi) is 4.97. The van der Waals surface area contributed by atoms with Crippen LogP contribution in [-0.2, 0) is 24.6 Å². The van der Waals surface area contributed by atoms with E-state index >= 15 is 0 Å². The van der Waals surface area contributed by atoms with Crippen molar-refractivity contribution in [1.29, 1.82) is 0 Å². The quantitative estimate of drug-likeness (QED) is 0.749. The number of thiophene rings is 1. The van der Waals surface area contributed by atoms with Gasteiger partial charge in [0.25, 0.3) is 10.0 Å². The first-order valence-electron chi connectivity index (χ1n) is 8.04. The van der Waals surface area contributed by atoms with Gasteiger partial charge in [0.05, 0.1) is 0 Å². The number of sulfonamides is 1. The largest absolute Gasteiger partial charge is 0.385 e. The summed E-state index contributed by atoms with van der Waals surface area (Å²) in [5, 5.41) is 3.11. The molecule has 2 rings (SSSR count). The van der Waals surface area contributed by atoms with Gasteiger partial charge in [-0.1, -0.05) is 6.92 Å². The Labute approximate surface area is 144 Å². The third kappa shape index (κ3) is 3.94. The first kappa shape index (κ1) is 16.0. The van der Waals surface area contributed by atoms with E-state index in [0.717, 1.165) is 10.6 Å². The zero-order valence-corrected chi connectivity index (χ0v) is 15.6. The number of rotatable bonds is 7. The zero-order valence-electron chi connectivity index (χ0n) is 15.2. The van der Waals surface area contributed by atoms with Crippen LogP contribution in [0.15, 0.2) is 14.5 Å². The average molecular weight is 385 g/mol. The summed E-state index contributed by atoms with van der Waals surface area (Å²) in [6, 6.07) is 0.898. The van der Waals surface area contributed by atoms with Gasteiger partial charge in [0, 0.05) is 47.4 Å². The minimum Gasteiger partial charge on any atom is -0.385 e. The van der Waals surface area contributed by atoms with Crippen LogP contribution in [0.1, 0.15) is 27.7 Å². The van der Waals surface area contributed by atoms with Crippen LogP contribution < -0.4 is 5.32 Å². The molecular formula is C13H22N2O5S3. The standard InChI is InChI=1S/C13H22N2O5S3/c1-4-14-11-9-15(6-5-7-20-2)23(18,19)13-10(11)8-12(21-13)22(3,16)17/h8,11,14H,4-7,9H2,1-3H3/t11-/m0/s1/i6D2. The van der Waals surface area contributed by atoms with Gasteiger partial charge in [-0.15, -0.1) is 11.3 Å². The number of methoxy groups -OCH3 is 1. The van der Waals surface area contributed by atoms with E-state index in [1.807, 2.05) is 6.92 Å². The Morgan fingerprint density at radius 1 is 1.57 bits per heavy atom. The number of ether oxygens (including phenoxy) is 1. The number of fused-ring (bicyclic) bond motifs is 1. The Morgan fingerprint density at radius 2 is 2.26 bits per heavy atom. The van der Waals surface area contributed by atoms with E-state index in [1.165, 1.54) is 13.2 Å². The van der Waals surface area contributed by atoms with Crippen molar-refractivity contribution < 1.29 is 24.3 Å². The number of nitrogens with one attached hydrogen (secondary N) is 1. The second-order valence-electron chi connectivity index (χ2n) is 5.13. The van der Waals surface area contributed by atoms with Crippen molar-refractivity contribution in [1.82, 2.24) is 9.62 Å². The molecule has 132 valence electrons. The fourth-order valence-electron chi connectivity index (χ4n) is 2.30. The normalized spacial score (nSPS) is 23.2. The van der Waals surface area contributed by atoms with Gasteiger partial charge in [-0.25, -0.2) is 16.8 Å². The molecule has 1 aromatic heterocycles. The van der Waals surface area contributed by atoms with Crippen LogP contribution >= 0.6 is 11.3 Å². The highest BCUT2D eigenvalue weighted by Gasteiger charge is 2.39. The van der Waals surface area contributed by atoms with Crippen molar-refractivity contribution in [3.8, 4) is 0 Å². The molecule has 0 amide bonds. The van der Waals surface area contributed by atoms with E-state index in [4.69, 9.17) is 7.48 Å². The predicted octanol–water partition coefficient (Wildman–Crippen LogP) is 0.843. The topological polar surface area (TPSA) is 92.8 Å². The van der Waals surface area contributed by atoms with E-state index in [2.05, 4.69) is 5.32 Å². The van der Waals surface area contributed by atoms with Gasteiger partial charge in [0.15, 0.2) is 9.84 Å². The Balaban J connectivity index is 2.58. The maximum absolute atomic E-state index is 12.9. The molecule has 23 heavy (non-hydrogen) atoms. The van der Waals surface area contributed by atoms with Crippen molar-refractivity contribution >= 4 is 31.2 Å². The first-order valence-corrected chi connectivity index (χ1v) is 11.2. The van der Waals surface area contributed by atoms with E-state index in [9.17, 15) is 16.8 Å². The molecule has 0 fully saturated rings. The highest BCUT2D eigenvalue weighted by molar-refractivity contribution is 7.94. The lowest BCUT2D eigenvalue weighted by Crippen LogP contribution is -2.43. The summed E-state index contributed by atoms with van der Waals surface area (Å²) >= 11 is 0.667. The minimum atomic E-state index is -4.14. The number of nitrogens with zero attached hydrogens (tertiary/aromatic N) is 1. The highest BCUT2D eigenvalue weighted by atomic mass is 32.3. The smallest absolute Gasteiger partial charge is 0.252 e. The van der Waals surface area contributed by atoms with E-state index < -0.39 is 32.4 Å². The fourth-order valence-corrected chi connectivity index (χ4v) is 6.61. The molecule has 1 aliphatic heterocycles. The second-order valence-corrected chi connectivity index (χ2v) is 10.5. The van der Waals surface area contributed by atoms with Crippen LogP contribution in [0.25, 0.3) is 0 Å². The molecule has 2 heterocycles. The molecule has 7 nitrogen and oxygen atoms in total. The molecule has 1 atom stereocenters. The first-order chi connectivity index (χ1) is 11.4. The van der Waals surface area contributed by atoms with Crippen molar-refractivity contribution in [3.05, 3.63) is 11.6 Å². The lowest BCUT2D eigenvalue weighted by atomic mass is 10.1. The van der Waals surface area contributed by atoms with Crippen molar-refractivity contribution in [2.45, 2.75) is 27.8 Å². The lowest BCUT2D eigenvalue weighted by molar-refractivity contribution is 0.185. The molecular weight excluding hydrogens is 360 g/mol. The van der Waals surface area contributed by atoms with Crippen LogP contribution in [-0.4, -0.2) is 60.7 Å². The number of likely N-dealkylation sites (N-methyl/N-ethyl adjacent to an activating group) is 1. The third-order valence-corrected chi connectivity index (χ3v) is 8.55. The van der Waals surface area contributed by atoms with Gasteiger partial charge in [0.2, 0.25) is 0 Å². The molecule has 1 aliphatic rings.